The van der Waals surface area contributed by atoms with Crippen molar-refractivity contribution >= 4 is 38.7 Å². The molecular formula is C23H27ClN4O3S. The topological polar surface area (TPSA) is 67.1 Å². The Kier molecular flexibility index (Phi) is 6.20. The molecule has 1 fully saturated rings. The van der Waals surface area contributed by atoms with Gasteiger partial charge in [-0.25, -0.2) is 12.4 Å². The molecule has 0 aliphatic carbocycles. The van der Waals surface area contributed by atoms with Crippen molar-refractivity contribution < 1.29 is 13.2 Å². The van der Waals surface area contributed by atoms with Gasteiger partial charge in [0.05, 0.1) is 18.8 Å². The Bertz CT molecular complexity index is 1290. The molecule has 32 heavy (non-hydrogen) atoms. The molecule has 0 N–H and O–H groups in total. The van der Waals surface area contributed by atoms with Crippen LogP contribution in [0.2, 0.25) is 5.02 Å². The number of methoxy groups -OCH3 is 1. The van der Waals surface area contributed by atoms with Gasteiger partial charge in [0.25, 0.3) is 10.0 Å². The van der Waals surface area contributed by atoms with Crippen LogP contribution >= 0.6 is 11.6 Å². The van der Waals surface area contributed by atoms with Crippen molar-refractivity contribution in [2.45, 2.75) is 18.7 Å². The summed E-state index contributed by atoms with van der Waals surface area (Å²) in [6.07, 6.45) is 1.77. The van der Waals surface area contributed by atoms with E-state index in [9.17, 15) is 8.42 Å². The summed E-state index contributed by atoms with van der Waals surface area (Å²) in [6, 6.07) is 10.5. The van der Waals surface area contributed by atoms with Crippen LogP contribution in [0.25, 0.3) is 10.9 Å². The number of ether oxygens (including phenoxy) is 1. The van der Waals surface area contributed by atoms with E-state index in [2.05, 4.69) is 17.0 Å². The molecule has 0 atom stereocenters. The van der Waals surface area contributed by atoms with E-state index < -0.39 is 10.0 Å². The summed E-state index contributed by atoms with van der Waals surface area (Å²) in [5.74, 6) is 0.261. The minimum atomic E-state index is -3.98. The fraction of sp³-hybridized carbons (Fsp3) is 0.348. The number of aryl methyl sites for hydroxylation is 1. The van der Waals surface area contributed by atoms with Gasteiger partial charge in [0.2, 0.25) is 0 Å². The van der Waals surface area contributed by atoms with Gasteiger partial charge in [-0.2, -0.15) is 5.10 Å². The molecule has 9 heteroatoms. The van der Waals surface area contributed by atoms with Crippen LogP contribution in [0.1, 0.15) is 16.8 Å². The van der Waals surface area contributed by atoms with Crippen molar-refractivity contribution in [2.24, 2.45) is 5.10 Å². The number of fused-ring (bicyclic) bond motifs is 1. The number of para-hydroxylation sites is 1. The lowest BCUT2D eigenvalue weighted by Gasteiger charge is -2.30. The van der Waals surface area contributed by atoms with Gasteiger partial charge < -0.3 is 9.64 Å². The number of rotatable bonds is 5. The highest BCUT2D eigenvalue weighted by Gasteiger charge is 2.28. The van der Waals surface area contributed by atoms with Crippen molar-refractivity contribution in [2.75, 3.05) is 40.3 Å². The van der Waals surface area contributed by atoms with Crippen LogP contribution in [-0.4, -0.2) is 68.9 Å². The van der Waals surface area contributed by atoms with Crippen molar-refractivity contribution in [3.05, 3.63) is 58.2 Å². The summed E-state index contributed by atoms with van der Waals surface area (Å²) in [4.78, 5) is 2.29. The molecule has 2 aromatic carbocycles. The smallest absolute Gasteiger partial charge is 0.272 e. The van der Waals surface area contributed by atoms with Gasteiger partial charge in [0.15, 0.2) is 0 Å². The van der Waals surface area contributed by atoms with E-state index in [1.165, 1.54) is 17.1 Å². The molecule has 0 saturated carbocycles. The fourth-order valence-electron chi connectivity index (χ4n) is 3.98. The van der Waals surface area contributed by atoms with Crippen LogP contribution in [0, 0.1) is 13.8 Å². The first-order chi connectivity index (χ1) is 15.2. The van der Waals surface area contributed by atoms with Crippen molar-refractivity contribution in [1.29, 1.82) is 0 Å². The summed E-state index contributed by atoms with van der Waals surface area (Å²) >= 11 is 6.29. The van der Waals surface area contributed by atoms with E-state index in [4.69, 9.17) is 16.3 Å². The maximum Gasteiger partial charge on any atom is 0.272 e. The molecule has 0 bridgehead atoms. The van der Waals surface area contributed by atoms with Gasteiger partial charge in [-0.1, -0.05) is 29.8 Å². The number of nitrogens with zero attached hydrogens (tertiary/aromatic N) is 4. The summed E-state index contributed by atoms with van der Waals surface area (Å²) in [7, 11) is -0.435. The Morgan fingerprint density at radius 2 is 1.78 bits per heavy atom. The average molecular weight is 475 g/mol. The van der Waals surface area contributed by atoms with Crippen LogP contribution in [-0.2, 0) is 10.0 Å². The number of aromatic nitrogens is 1. The molecule has 7 nitrogen and oxygen atoms in total. The first-order valence-electron chi connectivity index (χ1n) is 10.4. The van der Waals surface area contributed by atoms with Crippen molar-refractivity contribution in [3.8, 4) is 5.75 Å². The highest BCUT2D eigenvalue weighted by molar-refractivity contribution is 7.90. The zero-order chi connectivity index (χ0) is 23.0. The van der Waals surface area contributed by atoms with Gasteiger partial charge >= 0.3 is 0 Å². The predicted octanol–water partition coefficient (Wildman–Crippen LogP) is 3.74. The lowest BCUT2D eigenvalue weighted by molar-refractivity contribution is 0.159. The molecule has 0 spiro atoms. The third-order valence-electron chi connectivity index (χ3n) is 5.90. The molecule has 4 rings (SSSR count). The van der Waals surface area contributed by atoms with Crippen LogP contribution < -0.4 is 4.74 Å². The Morgan fingerprint density at radius 1 is 1.09 bits per heavy atom. The second kappa shape index (κ2) is 8.77. The Balaban J connectivity index is 1.86. The normalized spacial score (nSPS) is 15.7. The van der Waals surface area contributed by atoms with E-state index in [1.807, 2.05) is 30.1 Å². The van der Waals surface area contributed by atoms with Gasteiger partial charge in [0, 0.05) is 47.8 Å². The molecule has 1 aliphatic heterocycles. The lowest BCUT2D eigenvalue weighted by Crippen LogP contribution is -2.41. The van der Waals surface area contributed by atoms with Crippen molar-refractivity contribution in [1.82, 2.24) is 13.9 Å². The maximum atomic E-state index is 13.8. The van der Waals surface area contributed by atoms with Crippen LogP contribution in [0.5, 0.6) is 5.75 Å². The molecule has 1 aromatic heterocycles. The fourth-order valence-corrected chi connectivity index (χ4v) is 5.95. The first kappa shape index (κ1) is 22.6. The molecular weight excluding hydrogens is 448 g/mol. The van der Waals surface area contributed by atoms with E-state index in [1.54, 1.807) is 25.3 Å². The SMILES string of the molecule is COc1cc(C)c(Cl)cc1S(=O)(=O)n1c(C)c(C=NN2CCN(C)CC2)c2ccccc21. The Hall–Kier alpha value is -2.55. The molecule has 1 aliphatic rings. The lowest BCUT2D eigenvalue weighted by atomic mass is 10.1. The van der Waals surface area contributed by atoms with Gasteiger partial charge in [-0.15, -0.1) is 0 Å². The minimum absolute atomic E-state index is 0.0296. The van der Waals surface area contributed by atoms with Crippen LogP contribution in [0.15, 0.2) is 46.4 Å². The van der Waals surface area contributed by atoms with E-state index in [0.717, 1.165) is 42.7 Å². The molecule has 3 aromatic rings. The summed E-state index contributed by atoms with van der Waals surface area (Å²) in [5.41, 5.74) is 2.70. The van der Waals surface area contributed by atoms with Gasteiger partial charge in [-0.3, -0.25) is 5.01 Å². The number of benzene rings is 2. The number of piperazine rings is 1. The number of likely N-dealkylation sites (N-methyl/N-ethyl adjacent to an activating group) is 1. The molecule has 1 saturated heterocycles. The Labute approximate surface area is 193 Å². The third kappa shape index (κ3) is 3.98. The van der Waals surface area contributed by atoms with Gasteiger partial charge in [-0.05, 0) is 44.7 Å². The van der Waals surface area contributed by atoms with E-state index in [0.29, 0.717) is 16.2 Å². The maximum absolute atomic E-state index is 13.8. The number of halogens is 1. The largest absolute Gasteiger partial charge is 0.495 e. The molecule has 2 heterocycles. The second-order valence-electron chi connectivity index (χ2n) is 8.04. The molecule has 0 unspecified atom stereocenters. The highest BCUT2D eigenvalue weighted by atomic mass is 35.5. The summed E-state index contributed by atoms with van der Waals surface area (Å²) in [6.45, 7) is 7.17. The summed E-state index contributed by atoms with van der Waals surface area (Å²) < 4.78 is 34.4. The molecule has 170 valence electrons. The molecule has 0 amide bonds. The van der Waals surface area contributed by atoms with Crippen molar-refractivity contribution in [3.63, 3.8) is 0 Å². The third-order valence-corrected chi connectivity index (χ3v) is 8.13. The number of hydrazone groups is 1. The zero-order valence-corrected chi connectivity index (χ0v) is 20.2. The van der Waals surface area contributed by atoms with E-state index >= 15 is 0 Å². The Morgan fingerprint density at radius 3 is 2.47 bits per heavy atom. The van der Waals surface area contributed by atoms with E-state index in [-0.39, 0.29) is 10.6 Å². The standard InChI is InChI=1S/C23H27ClN4O3S/c1-16-13-22(31-4)23(14-20(16)24)32(29,30)28-17(2)19(18-7-5-6-8-21(18)28)15-25-27-11-9-26(3)10-12-27/h5-8,13-15H,9-12H2,1-4H3. The van der Waals surface area contributed by atoms with Crippen LogP contribution in [0.4, 0.5) is 0 Å². The quantitative estimate of drug-likeness (QED) is 0.527. The predicted molar refractivity (Wildman–Crippen MR) is 129 cm³/mol. The second-order valence-corrected chi connectivity index (χ2v) is 10.2. The first-order valence-corrected chi connectivity index (χ1v) is 12.2. The van der Waals surface area contributed by atoms with Gasteiger partial charge in [0.1, 0.15) is 10.6 Å². The number of hydrogen-bond donors (Lipinski definition) is 0. The number of hydrogen-bond acceptors (Lipinski definition) is 6. The monoisotopic (exact) mass is 474 g/mol. The molecule has 0 radical (unpaired) electrons. The zero-order valence-electron chi connectivity index (χ0n) is 18.7. The average Bonchev–Trinajstić information content (AvgIpc) is 3.06. The highest BCUT2D eigenvalue weighted by Crippen LogP contribution is 2.35. The summed E-state index contributed by atoms with van der Waals surface area (Å²) in [5, 5.41) is 7.86. The minimum Gasteiger partial charge on any atom is -0.495 e. The van der Waals surface area contributed by atoms with Crippen LogP contribution in [0.3, 0.4) is 0 Å².